The number of hydrogen-bond donors (Lipinski definition) is 0. The van der Waals surface area contributed by atoms with Crippen LogP contribution in [-0.4, -0.2) is 30.3 Å². The van der Waals surface area contributed by atoms with Crippen molar-refractivity contribution in [3.63, 3.8) is 0 Å². The molecule has 2 heterocycles. The largest absolute Gasteiger partial charge is 0.303 e. The first kappa shape index (κ1) is 15.7. The lowest BCUT2D eigenvalue weighted by atomic mass is 9.84. The normalized spacial score (nSPS) is 26.6. The summed E-state index contributed by atoms with van der Waals surface area (Å²) in [5.74, 6) is 1.95. The number of hydrogen-bond acceptors (Lipinski definition) is 2. The quantitative estimate of drug-likeness (QED) is 0.761. The van der Waals surface area contributed by atoms with Gasteiger partial charge in [-0.05, 0) is 67.7 Å². The standard InChI is InChI=1S/C19H26FNO/c1-14(10-19(22)17-6-8-18(20)9-7-17)11-21-12-15-2-3-16(13-21)5-4-15/h6-9,14-16H,2-5,10-13H2,1H3. The second-order valence-electron chi connectivity index (χ2n) is 7.34. The van der Waals surface area contributed by atoms with E-state index in [0.717, 1.165) is 18.4 Å². The molecular formula is C19H26FNO. The Labute approximate surface area is 132 Å². The highest BCUT2D eigenvalue weighted by Crippen LogP contribution is 2.34. The van der Waals surface area contributed by atoms with Crippen molar-refractivity contribution in [2.24, 2.45) is 17.8 Å². The molecule has 22 heavy (non-hydrogen) atoms. The summed E-state index contributed by atoms with van der Waals surface area (Å²) in [6.45, 7) is 5.60. The number of halogens is 1. The average molecular weight is 303 g/mol. The van der Waals surface area contributed by atoms with Crippen molar-refractivity contribution in [1.29, 1.82) is 0 Å². The van der Waals surface area contributed by atoms with Gasteiger partial charge in [-0.25, -0.2) is 4.39 Å². The average Bonchev–Trinajstić information content (AvgIpc) is 2.79. The fourth-order valence-corrected chi connectivity index (χ4v) is 4.13. The molecule has 2 saturated heterocycles. The maximum Gasteiger partial charge on any atom is 0.163 e. The number of rotatable bonds is 5. The molecule has 1 unspecified atom stereocenters. The van der Waals surface area contributed by atoms with E-state index in [0.29, 0.717) is 17.9 Å². The number of nitrogens with zero attached hydrogens (tertiary/aromatic N) is 1. The monoisotopic (exact) mass is 303 g/mol. The van der Waals surface area contributed by atoms with Crippen molar-refractivity contribution in [2.45, 2.75) is 39.0 Å². The van der Waals surface area contributed by atoms with Crippen molar-refractivity contribution in [3.05, 3.63) is 35.6 Å². The zero-order chi connectivity index (χ0) is 15.5. The first-order valence-corrected chi connectivity index (χ1v) is 8.61. The lowest BCUT2D eigenvalue weighted by Gasteiger charge is -2.25. The molecule has 0 amide bonds. The van der Waals surface area contributed by atoms with Gasteiger partial charge >= 0.3 is 0 Å². The van der Waals surface area contributed by atoms with Gasteiger partial charge in [0.05, 0.1) is 0 Å². The third kappa shape index (κ3) is 3.95. The first-order valence-electron chi connectivity index (χ1n) is 8.61. The Morgan fingerprint density at radius 3 is 2.23 bits per heavy atom. The molecule has 0 N–H and O–H groups in total. The molecule has 0 spiro atoms. The third-order valence-corrected chi connectivity index (χ3v) is 5.27. The molecule has 0 radical (unpaired) electrons. The molecule has 2 nitrogen and oxygen atoms in total. The van der Waals surface area contributed by atoms with E-state index in [1.165, 1.54) is 50.9 Å². The highest BCUT2D eigenvalue weighted by Gasteiger charge is 2.29. The van der Waals surface area contributed by atoms with Gasteiger partial charge in [0.2, 0.25) is 0 Å². The predicted octanol–water partition coefficient (Wildman–Crippen LogP) is 4.16. The summed E-state index contributed by atoms with van der Waals surface area (Å²) in [7, 11) is 0. The van der Waals surface area contributed by atoms with Crippen LogP contribution >= 0.6 is 0 Å². The van der Waals surface area contributed by atoms with E-state index in [2.05, 4.69) is 11.8 Å². The Morgan fingerprint density at radius 2 is 1.68 bits per heavy atom. The summed E-state index contributed by atoms with van der Waals surface area (Å²) < 4.78 is 12.9. The van der Waals surface area contributed by atoms with Crippen LogP contribution in [0.5, 0.6) is 0 Å². The van der Waals surface area contributed by atoms with Gasteiger partial charge in [0.15, 0.2) is 5.78 Å². The van der Waals surface area contributed by atoms with E-state index in [1.807, 2.05) is 0 Å². The van der Waals surface area contributed by atoms with Crippen LogP contribution in [0.2, 0.25) is 0 Å². The maximum atomic E-state index is 12.9. The van der Waals surface area contributed by atoms with Crippen LogP contribution in [0.4, 0.5) is 4.39 Å². The van der Waals surface area contributed by atoms with Crippen LogP contribution in [0.1, 0.15) is 49.4 Å². The minimum Gasteiger partial charge on any atom is -0.303 e. The van der Waals surface area contributed by atoms with Crippen LogP contribution in [-0.2, 0) is 0 Å². The first-order chi connectivity index (χ1) is 10.6. The molecule has 4 rings (SSSR count). The molecule has 1 aliphatic carbocycles. The molecule has 0 aromatic heterocycles. The second kappa shape index (κ2) is 6.91. The molecule has 3 fully saturated rings. The summed E-state index contributed by atoms with van der Waals surface area (Å²) >= 11 is 0. The fourth-order valence-electron chi connectivity index (χ4n) is 4.13. The number of ketones is 1. The Balaban J connectivity index is 1.52. The summed E-state index contributed by atoms with van der Waals surface area (Å²) in [5, 5.41) is 0. The van der Waals surface area contributed by atoms with Crippen molar-refractivity contribution >= 4 is 5.78 Å². The number of carbonyl (C=O) groups is 1. The van der Waals surface area contributed by atoms with Crippen LogP contribution in [0.25, 0.3) is 0 Å². The van der Waals surface area contributed by atoms with E-state index in [9.17, 15) is 9.18 Å². The van der Waals surface area contributed by atoms with Crippen molar-refractivity contribution in [1.82, 2.24) is 4.90 Å². The zero-order valence-electron chi connectivity index (χ0n) is 13.4. The molecule has 120 valence electrons. The topological polar surface area (TPSA) is 20.3 Å². The molecular weight excluding hydrogens is 277 g/mol. The summed E-state index contributed by atoms with van der Waals surface area (Å²) in [6.07, 6.45) is 6.12. The van der Waals surface area contributed by atoms with E-state index in [-0.39, 0.29) is 11.6 Å². The van der Waals surface area contributed by atoms with Gasteiger partial charge in [0.25, 0.3) is 0 Å². The molecule has 3 aliphatic rings. The van der Waals surface area contributed by atoms with Crippen LogP contribution < -0.4 is 0 Å². The Morgan fingerprint density at radius 1 is 1.14 bits per heavy atom. The summed E-state index contributed by atoms with van der Waals surface area (Å²) in [5.41, 5.74) is 0.629. The lowest BCUT2D eigenvalue weighted by Crippen LogP contribution is -2.33. The molecule has 1 aromatic carbocycles. The molecule has 2 aliphatic heterocycles. The van der Waals surface area contributed by atoms with Crippen molar-refractivity contribution < 1.29 is 9.18 Å². The van der Waals surface area contributed by atoms with Crippen LogP contribution in [0, 0.1) is 23.6 Å². The van der Waals surface area contributed by atoms with E-state index in [1.54, 1.807) is 12.1 Å². The van der Waals surface area contributed by atoms with Gasteiger partial charge < -0.3 is 4.90 Å². The van der Waals surface area contributed by atoms with E-state index in [4.69, 9.17) is 0 Å². The minimum atomic E-state index is -0.287. The van der Waals surface area contributed by atoms with Crippen LogP contribution in [0.3, 0.4) is 0 Å². The SMILES string of the molecule is CC(CC(=O)c1ccc(F)cc1)CN1CC2CCC(CC2)C1. The Bertz CT molecular complexity index is 491. The number of fused-ring (bicyclic) bond motifs is 4. The van der Waals surface area contributed by atoms with Crippen LogP contribution in [0.15, 0.2) is 24.3 Å². The van der Waals surface area contributed by atoms with Gasteiger partial charge in [-0.15, -0.1) is 0 Å². The van der Waals surface area contributed by atoms with E-state index < -0.39 is 0 Å². The Hall–Kier alpha value is -1.22. The highest BCUT2D eigenvalue weighted by molar-refractivity contribution is 5.96. The van der Waals surface area contributed by atoms with E-state index >= 15 is 0 Å². The summed E-state index contributed by atoms with van der Waals surface area (Å²) in [6, 6.07) is 5.92. The number of carbonyl (C=O) groups excluding carboxylic acids is 1. The van der Waals surface area contributed by atoms with Crippen molar-refractivity contribution in [2.75, 3.05) is 19.6 Å². The smallest absolute Gasteiger partial charge is 0.163 e. The zero-order valence-corrected chi connectivity index (χ0v) is 13.4. The minimum absolute atomic E-state index is 0.130. The molecule has 3 heteroatoms. The van der Waals surface area contributed by atoms with Crippen molar-refractivity contribution in [3.8, 4) is 0 Å². The predicted molar refractivity (Wildman–Crippen MR) is 86.4 cm³/mol. The van der Waals surface area contributed by atoms with Gasteiger partial charge in [0.1, 0.15) is 5.82 Å². The Kier molecular flexibility index (Phi) is 4.92. The van der Waals surface area contributed by atoms with Gasteiger partial charge in [-0.1, -0.05) is 6.92 Å². The molecule has 1 aromatic rings. The maximum absolute atomic E-state index is 12.9. The molecule has 1 atom stereocenters. The van der Waals surface area contributed by atoms with Gasteiger partial charge in [-0.2, -0.15) is 0 Å². The lowest BCUT2D eigenvalue weighted by molar-refractivity contribution is 0.0950. The fraction of sp³-hybridized carbons (Fsp3) is 0.632. The van der Waals surface area contributed by atoms with Gasteiger partial charge in [0, 0.05) is 31.6 Å². The number of Topliss-reactive ketones (excluding diaryl/α,β-unsaturated/α-hetero) is 1. The second-order valence-corrected chi connectivity index (χ2v) is 7.34. The van der Waals surface area contributed by atoms with Gasteiger partial charge in [-0.3, -0.25) is 4.79 Å². The third-order valence-electron chi connectivity index (χ3n) is 5.27. The summed E-state index contributed by atoms with van der Waals surface area (Å²) in [4.78, 5) is 14.9. The molecule has 1 saturated carbocycles. The highest BCUT2D eigenvalue weighted by atomic mass is 19.1. The number of benzene rings is 1. The molecule has 2 bridgehead atoms.